The van der Waals surface area contributed by atoms with Gasteiger partial charge in [0.2, 0.25) is 0 Å². The van der Waals surface area contributed by atoms with Crippen molar-refractivity contribution in [2.75, 3.05) is 63.1 Å². The van der Waals surface area contributed by atoms with Gasteiger partial charge in [0.25, 0.3) is 0 Å². The summed E-state index contributed by atoms with van der Waals surface area (Å²) in [5.74, 6) is 1.56. The first kappa shape index (κ1) is 27.1. The Labute approximate surface area is 223 Å². The van der Waals surface area contributed by atoms with Crippen LogP contribution in [0.4, 0.5) is 16.3 Å². The van der Waals surface area contributed by atoms with Crippen LogP contribution in [0.25, 0.3) is 0 Å². The Hall–Kier alpha value is -2.98. The average molecular weight is 533 g/mol. The standard InChI is InChI=1S/C26H37ClN6O4/c1-26(2,3)37-25(34)32-13-11-31(12-14-32)15-16-35-20-8-6-19(7-9-20)33-10-4-5-21(18-33)36-22-17-23(27)29-30-24(22)28/h6-9,17,21H,4-5,10-16,18H2,1-3H3,(H2,28,30)/t21-/m0/s1. The van der Waals surface area contributed by atoms with Crippen molar-refractivity contribution >= 4 is 29.2 Å². The molecule has 1 amide bonds. The van der Waals surface area contributed by atoms with Gasteiger partial charge in [-0.25, -0.2) is 4.79 Å². The number of halogens is 1. The Morgan fingerprint density at radius 3 is 2.54 bits per heavy atom. The van der Waals surface area contributed by atoms with E-state index in [1.807, 2.05) is 32.9 Å². The van der Waals surface area contributed by atoms with E-state index < -0.39 is 5.60 Å². The van der Waals surface area contributed by atoms with E-state index in [4.69, 9.17) is 31.5 Å². The molecule has 0 radical (unpaired) electrons. The van der Waals surface area contributed by atoms with E-state index in [1.165, 1.54) is 0 Å². The molecule has 10 nitrogen and oxygen atoms in total. The Morgan fingerprint density at radius 1 is 1.11 bits per heavy atom. The Kier molecular flexibility index (Phi) is 8.81. The van der Waals surface area contributed by atoms with E-state index in [-0.39, 0.29) is 23.2 Å². The number of anilines is 2. The number of piperazine rings is 1. The van der Waals surface area contributed by atoms with Gasteiger partial charge in [-0.3, -0.25) is 4.90 Å². The Morgan fingerprint density at radius 2 is 1.84 bits per heavy atom. The van der Waals surface area contributed by atoms with E-state index >= 15 is 0 Å². The lowest BCUT2D eigenvalue weighted by Crippen LogP contribution is -2.50. The summed E-state index contributed by atoms with van der Waals surface area (Å²) < 4.78 is 17.5. The number of amides is 1. The molecule has 2 aliphatic rings. The fourth-order valence-corrected chi connectivity index (χ4v) is 4.57. The summed E-state index contributed by atoms with van der Waals surface area (Å²) in [6.07, 6.45) is 1.69. The summed E-state index contributed by atoms with van der Waals surface area (Å²) in [6.45, 7) is 11.7. The number of carbonyl (C=O) groups excluding carboxylic acids is 1. The third kappa shape index (κ3) is 8.00. The summed E-state index contributed by atoms with van der Waals surface area (Å²) in [7, 11) is 0. The van der Waals surface area contributed by atoms with E-state index in [2.05, 4.69) is 32.1 Å². The zero-order valence-electron chi connectivity index (χ0n) is 21.9. The van der Waals surface area contributed by atoms with Gasteiger partial charge in [-0.05, 0) is 57.9 Å². The molecule has 0 saturated carbocycles. The molecular weight excluding hydrogens is 496 g/mol. The number of nitrogens with two attached hydrogens (primary N) is 1. The van der Waals surface area contributed by atoms with Gasteiger partial charge < -0.3 is 29.7 Å². The lowest BCUT2D eigenvalue weighted by molar-refractivity contribution is 0.0137. The van der Waals surface area contributed by atoms with Crippen LogP contribution in [-0.4, -0.2) is 90.2 Å². The first-order valence-corrected chi connectivity index (χ1v) is 13.2. The number of hydrogen-bond donors (Lipinski definition) is 1. The molecule has 2 aromatic rings. The molecule has 3 heterocycles. The van der Waals surface area contributed by atoms with Crippen molar-refractivity contribution in [1.82, 2.24) is 20.0 Å². The number of benzene rings is 1. The second-order valence-corrected chi connectivity index (χ2v) is 10.8. The lowest BCUT2D eigenvalue weighted by atomic mass is 10.1. The van der Waals surface area contributed by atoms with Gasteiger partial charge in [-0.15, -0.1) is 10.2 Å². The molecule has 0 spiro atoms. The Bertz CT molecular complexity index is 1040. The molecule has 2 saturated heterocycles. The van der Waals surface area contributed by atoms with Gasteiger partial charge in [-0.2, -0.15) is 0 Å². The molecule has 0 aliphatic carbocycles. The van der Waals surface area contributed by atoms with E-state index in [0.717, 1.165) is 57.0 Å². The van der Waals surface area contributed by atoms with Gasteiger partial charge in [0.05, 0.1) is 6.54 Å². The van der Waals surface area contributed by atoms with Crippen molar-refractivity contribution in [3.05, 3.63) is 35.5 Å². The molecule has 2 aliphatic heterocycles. The molecule has 37 heavy (non-hydrogen) atoms. The smallest absolute Gasteiger partial charge is 0.410 e. The first-order valence-electron chi connectivity index (χ1n) is 12.8. The molecule has 1 aromatic heterocycles. The zero-order valence-corrected chi connectivity index (χ0v) is 22.6. The van der Waals surface area contributed by atoms with Crippen molar-refractivity contribution in [2.24, 2.45) is 0 Å². The van der Waals surface area contributed by atoms with Crippen LogP contribution in [-0.2, 0) is 4.74 Å². The molecule has 1 atom stereocenters. The molecule has 2 fully saturated rings. The molecule has 202 valence electrons. The topological polar surface area (TPSA) is 106 Å². The predicted octanol–water partition coefficient (Wildman–Crippen LogP) is 3.69. The monoisotopic (exact) mass is 532 g/mol. The maximum absolute atomic E-state index is 12.2. The van der Waals surface area contributed by atoms with E-state index in [1.54, 1.807) is 11.0 Å². The summed E-state index contributed by atoms with van der Waals surface area (Å²) >= 11 is 5.94. The van der Waals surface area contributed by atoms with Crippen LogP contribution in [0.2, 0.25) is 5.15 Å². The molecule has 2 N–H and O–H groups in total. The summed E-state index contributed by atoms with van der Waals surface area (Å²) in [5.41, 5.74) is 6.54. The van der Waals surface area contributed by atoms with Crippen molar-refractivity contribution in [2.45, 2.75) is 45.3 Å². The van der Waals surface area contributed by atoms with Gasteiger partial charge in [0.1, 0.15) is 24.1 Å². The fourth-order valence-electron chi connectivity index (χ4n) is 4.43. The van der Waals surface area contributed by atoms with E-state index in [9.17, 15) is 4.79 Å². The first-order chi connectivity index (χ1) is 17.7. The van der Waals surface area contributed by atoms with Crippen LogP contribution < -0.4 is 20.1 Å². The number of nitrogen functional groups attached to an aromatic ring is 1. The molecule has 0 unspecified atom stereocenters. The maximum atomic E-state index is 12.2. The van der Waals surface area contributed by atoms with E-state index in [0.29, 0.717) is 25.4 Å². The van der Waals surface area contributed by atoms with Crippen molar-refractivity contribution < 1.29 is 19.0 Å². The summed E-state index contributed by atoms with van der Waals surface area (Å²) in [4.78, 5) is 18.6. The summed E-state index contributed by atoms with van der Waals surface area (Å²) in [5, 5.41) is 7.82. The largest absolute Gasteiger partial charge is 0.492 e. The normalized spacial score (nSPS) is 19.0. The Balaban J connectivity index is 1.19. The van der Waals surface area contributed by atoms with Crippen LogP contribution in [0.1, 0.15) is 33.6 Å². The number of aromatic nitrogens is 2. The minimum atomic E-state index is -0.470. The van der Waals surface area contributed by atoms with Crippen LogP contribution in [0.5, 0.6) is 11.5 Å². The number of piperidine rings is 1. The third-order valence-corrected chi connectivity index (χ3v) is 6.51. The zero-order chi connectivity index (χ0) is 26.4. The molecule has 4 rings (SSSR count). The molecule has 0 bridgehead atoms. The van der Waals surface area contributed by atoms with Gasteiger partial charge in [0, 0.05) is 51.0 Å². The van der Waals surface area contributed by atoms with Crippen LogP contribution >= 0.6 is 11.6 Å². The van der Waals surface area contributed by atoms with Gasteiger partial charge in [-0.1, -0.05) is 11.6 Å². The lowest BCUT2D eigenvalue weighted by Gasteiger charge is -2.35. The molecular formula is C26H37ClN6O4. The van der Waals surface area contributed by atoms with Gasteiger partial charge in [0.15, 0.2) is 16.7 Å². The fraction of sp³-hybridized carbons (Fsp3) is 0.577. The second kappa shape index (κ2) is 12.0. The van der Waals surface area contributed by atoms with Crippen molar-refractivity contribution in [1.29, 1.82) is 0 Å². The number of nitrogens with zero attached hydrogens (tertiary/aromatic N) is 5. The number of rotatable bonds is 7. The number of ether oxygens (including phenoxy) is 3. The van der Waals surface area contributed by atoms with Gasteiger partial charge >= 0.3 is 6.09 Å². The molecule has 1 aromatic carbocycles. The van der Waals surface area contributed by atoms with Crippen LogP contribution in [0.3, 0.4) is 0 Å². The minimum Gasteiger partial charge on any atom is -0.492 e. The average Bonchev–Trinajstić information content (AvgIpc) is 2.86. The second-order valence-electron chi connectivity index (χ2n) is 10.4. The summed E-state index contributed by atoms with van der Waals surface area (Å²) in [6, 6.07) is 9.78. The highest BCUT2D eigenvalue weighted by Gasteiger charge is 2.26. The highest BCUT2D eigenvalue weighted by Crippen LogP contribution is 2.27. The highest BCUT2D eigenvalue weighted by molar-refractivity contribution is 6.29. The van der Waals surface area contributed by atoms with Crippen molar-refractivity contribution in [3.63, 3.8) is 0 Å². The quantitative estimate of drug-likeness (QED) is 0.571. The minimum absolute atomic E-state index is 0.0111. The van der Waals surface area contributed by atoms with Crippen LogP contribution in [0, 0.1) is 0 Å². The third-order valence-electron chi connectivity index (χ3n) is 6.33. The maximum Gasteiger partial charge on any atom is 0.410 e. The highest BCUT2D eigenvalue weighted by atomic mass is 35.5. The SMILES string of the molecule is CC(C)(C)OC(=O)N1CCN(CCOc2ccc(N3CCC[C@H](Oc4cc(Cl)nnc4N)C3)cc2)CC1. The predicted molar refractivity (Wildman–Crippen MR) is 144 cm³/mol. The number of carbonyl (C=O) groups is 1. The van der Waals surface area contributed by atoms with Crippen molar-refractivity contribution in [3.8, 4) is 11.5 Å². The number of hydrogen-bond acceptors (Lipinski definition) is 9. The molecule has 11 heteroatoms. The van der Waals surface area contributed by atoms with Crippen LogP contribution in [0.15, 0.2) is 30.3 Å².